The summed E-state index contributed by atoms with van der Waals surface area (Å²) >= 11 is 0. The quantitative estimate of drug-likeness (QED) is 0.630. The van der Waals surface area contributed by atoms with Gasteiger partial charge in [0.2, 0.25) is 0 Å². The molecule has 0 unspecified atom stereocenters. The Balaban J connectivity index is 2.12. The molecule has 0 aliphatic heterocycles. The van der Waals surface area contributed by atoms with Gasteiger partial charge in [0.1, 0.15) is 19.5 Å². The summed E-state index contributed by atoms with van der Waals surface area (Å²) in [6.45, 7) is 4.24. The van der Waals surface area contributed by atoms with Crippen molar-refractivity contribution in [3.05, 3.63) is 59.2 Å². The fraction of sp³-hybridized carbons (Fsp3) is 0.235. The molecule has 22 heavy (non-hydrogen) atoms. The first-order valence-electron chi connectivity index (χ1n) is 6.95. The first-order valence-corrected chi connectivity index (χ1v) is 6.95. The minimum absolute atomic E-state index is 0.370. The molecule has 0 amide bonds. The summed E-state index contributed by atoms with van der Waals surface area (Å²) in [6.07, 6.45) is 0. The number of oxime groups is 1. The Kier molecular flexibility index (Phi) is 5.38. The molecule has 0 aromatic heterocycles. The summed E-state index contributed by atoms with van der Waals surface area (Å²) in [6, 6.07) is 13.3. The van der Waals surface area contributed by atoms with Gasteiger partial charge in [-0.1, -0.05) is 23.4 Å². The summed E-state index contributed by atoms with van der Waals surface area (Å²) < 4.78 is 5.84. The van der Waals surface area contributed by atoms with Crippen LogP contribution >= 0.6 is 0 Å². The molecule has 2 aromatic carbocycles. The molecule has 0 aliphatic carbocycles. The van der Waals surface area contributed by atoms with Gasteiger partial charge in [-0.25, -0.2) is 0 Å². The maximum Gasteiger partial charge on any atom is 0.122 e. The smallest absolute Gasteiger partial charge is 0.122 e. The predicted octanol–water partition coefficient (Wildman–Crippen LogP) is 3.75. The van der Waals surface area contributed by atoms with Crippen LogP contribution in [0.5, 0.6) is 5.75 Å². The van der Waals surface area contributed by atoms with Crippen molar-refractivity contribution in [2.45, 2.75) is 20.5 Å². The van der Waals surface area contributed by atoms with E-state index in [1.54, 1.807) is 6.07 Å². The molecule has 0 atom stereocenters. The molecular weight excluding hydrogens is 280 g/mol. The number of rotatable bonds is 6. The first kappa shape index (κ1) is 15.9. The second kappa shape index (κ2) is 7.47. The summed E-state index contributed by atoms with van der Waals surface area (Å²) in [5.41, 5.74) is 6.51. The van der Waals surface area contributed by atoms with Gasteiger partial charge < -0.3 is 9.57 Å². The Morgan fingerprint density at radius 1 is 1.23 bits per heavy atom. The van der Waals surface area contributed by atoms with Crippen LogP contribution in [0.2, 0.25) is 0 Å². The van der Waals surface area contributed by atoms with Gasteiger partial charge in [-0.3, -0.25) is 10.7 Å². The third-order valence-electron chi connectivity index (χ3n) is 3.34. The maximum absolute atomic E-state index is 9.09. The molecule has 116 valence electrons. The first-order chi connectivity index (χ1) is 10.7. The number of para-hydroxylation sites is 1. The molecule has 5 nitrogen and oxygen atoms in total. The van der Waals surface area contributed by atoms with Gasteiger partial charge in [-0.05, 0) is 49.2 Å². The normalized spacial score (nSPS) is 11.2. The van der Waals surface area contributed by atoms with Gasteiger partial charge in [0.15, 0.2) is 0 Å². The van der Waals surface area contributed by atoms with Crippen LogP contribution in [0.15, 0.2) is 47.6 Å². The van der Waals surface area contributed by atoms with Crippen LogP contribution in [0.1, 0.15) is 23.6 Å². The van der Waals surface area contributed by atoms with Crippen molar-refractivity contribution in [1.82, 2.24) is 0 Å². The molecule has 2 aromatic rings. The second-order valence-corrected chi connectivity index (χ2v) is 4.90. The molecule has 0 radical (unpaired) electrons. The van der Waals surface area contributed by atoms with Crippen LogP contribution < -0.4 is 10.2 Å². The van der Waals surface area contributed by atoms with Gasteiger partial charge in [0, 0.05) is 5.56 Å². The van der Waals surface area contributed by atoms with E-state index in [4.69, 9.17) is 14.8 Å². The van der Waals surface area contributed by atoms with Crippen molar-refractivity contribution in [2.75, 3.05) is 12.6 Å². The summed E-state index contributed by atoms with van der Waals surface area (Å²) in [5.74, 6) is 0.793. The molecular formula is C17H20N2O3. The van der Waals surface area contributed by atoms with Crippen LogP contribution in [-0.2, 0) is 11.4 Å². The molecule has 0 fully saturated rings. The van der Waals surface area contributed by atoms with Crippen molar-refractivity contribution < 1.29 is 14.8 Å². The Labute approximate surface area is 130 Å². The highest BCUT2D eigenvalue weighted by Crippen LogP contribution is 2.22. The highest BCUT2D eigenvalue weighted by molar-refractivity contribution is 5.98. The van der Waals surface area contributed by atoms with E-state index in [0.29, 0.717) is 12.3 Å². The molecule has 0 saturated carbocycles. The van der Waals surface area contributed by atoms with Crippen LogP contribution in [0.4, 0.5) is 5.69 Å². The standard InChI is InChI=1S/C17H20N2O3/c1-12-10-14(13(2)19-21-3)8-9-17(12)22-11-15-6-4-5-7-16(15)18-20/h4-10,18,20H,11H2,1-3H3/b19-13+. The number of nitrogens with one attached hydrogen (secondary N) is 1. The molecule has 0 saturated heterocycles. The van der Waals surface area contributed by atoms with E-state index in [-0.39, 0.29) is 0 Å². The number of hydrogen-bond donors (Lipinski definition) is 2. The zero-order valence-corrected chi connectivity index (χ0v) is 13.0. The van der Waals surface area contributed by atoms with E-state index in [1.165, 1.54) is 7.11 Å². The molecule has 0 spiro atoms. The molecule has 5 heteroatoms. The van der Waals surface area contributed by atoms with Crippen molar-refractivity contribution in [1.29, 1.82) is 0 Å². The summed E-state index contributed by atoms with van der Waals surface area (Å²) in [4.78, 5) is 4.79. The summed E-state index contributed by atoms with van der Waals surface area (Å²) in [5, 5.41) is 13.0. The SMILES string of the molecule is CO/N=C(\C)c1ccc(OCc2ccccc2NO)c(C)c1. The van der Waals surface area contributed by atoms with Gasteiger partial charge in [0.05, 0.1) is 11.4 Å². The molecule has 0 bridgehead atoms. The van der Waals surface area contributed by atoms with Crippen LogP contribution in [0.25, 0.3) is 0 Å². The monoisotopic (exact) mass is 300 g/mol. The third kappa shape index (κ3) is 3.77. The van der Waals surface area contributed by atoms with Gasteiger partial charge in [-0.15, -0.1) is 0 Å². The fourth-order valence-corrected chi connectivity index (χ4v) is 2.14. The Morgan fingerprint density at radius 3 is 2.68 bits per heavy atom. The van der Waals surface area contributed by atoms with Crippen molar-refractivity contribution >= 4 is 11.4 Å². The molecule has 0 heterocycles. The zero-order valence-electron chi connectivity index (χ0n) is 13.0. The van der Waals surface area contributed by atoms with Gasteiger partial charge in [-0.2, -0.15) is 0 Å². The van der Waals surface area contributed by atoms with E-state index >= 15 is 0 Å². The number of nitrogens with zero attached hydrogens (tertiary/aromatic N) is 1. The Morgan fingerprint density at radius 2 is 2.00 bits per heavy atom. The predicted molar refractivity (Wildman–Crippen MR) is 86.6 cm³/mol. The number of hydrogen-bond acceptors (Lipinski definition) is 5. The van der Waals surface area contributed by atoms with E-state index in [2.05, 4.69) is 10.6 Å². The van der Waals surface area contributed by atoms with Gasteiger partial charge in [0.25, 0.3) is 0 Å². The van der Waals surface area contributed by atoms with Gasteiger partial charge >= 0.3 is 0 Å². The maximum atomic E-state index is 9.09. The summed E-state index contributed by atoms with van der Waals surface area (Å²) in [7, 11) is 1.53. The van der Waals surface area contributed by atoms with E-state index in [1.807, 2.05) is 50.2 Å². The topological polar surface area (TPSA) is 63.1 Å². The van der Waals surface area contributed by atoms with E-state index in [9.17, 15) is 0 Å². The zero-order chi connectivity index (χ0) is 15.9. The third-order valence-corrected chi connectivity index (χ3v) is 3.34. The highest BCUT2D eigenvalue weighted by Gasteiger charge is 2.06. The van der Waals surface area contributed by atoms with Crippen molar-refractivity contribution in [2.24, 2.45) is 5.16 Å². The average molecular weight is 300 g/mol. The largest absolute Gasteiger partial charge is 0.489 e. The lowest BCUT2D eigenvalue weighted by Gasteiger charge is -2.12. The Hall–Kier alpha value is -2.53. The minimum atomic E-state index is 0.370. The molecule has 2 N–H and O–H groups in total. The number of ether oxygens (including phenoxy) is 1. The highest BCUT2D eigenvalue weighted by atomic mass is 16.6. The van der Waals surface area contributed by atoms with Crippen molar-refractivity contribution in [3.8, 4) is 5.75 Å². The number of aryl methyl sites for hydroxylation is 1. The minimum Gasteiger partial charge on any atom is -0.489 e. The lowest BCUT2D eigenvalue weighted by atomic mass is 10.1. The van der Waals surface area contributed by atoms with Crippen LogP contribution in [0, 0.1) is 6.92 Å². The Bertz CT molecular complexity index is 669. The van der Waals surface area contributed by atoms with Crippen LogP contribution in [0.3, 0.4) is 0 Å². The second-order valence-electron chi connectivity index (χ2n) is 4.90. The number of anilines is 1. The van der Waals surface area contributed by atoms with E-state index in [0.717, 1.165) is 28.2 Å². The average Bonchev–Trinajstić information content (AvgIpc) is 2.54. The lowest BCUT2D eigenvalue weighted by Crippen LogP contribution is -2.02. The van der Waals surface area contributed by atoms with Crippen LogP contribution in [-0.4, -0.2) is 18.0 Å². The van der Waals surface area contributed by atoms with Crippen molar-refractivity contribution in [3.63, 3.8) is 0 Å². The van der Waals surface area contributed by atoms with E-state index < -0.39 is 0 Å². The lowest BCUT2D eigenvalue weighted by molar-refractivity contribution is 0.213. The fourth-order valence-electron chi connectivity index (χ4n) is 2.14. The number of benzene rings is 2. The molecule has 0 aliphatic rings. The molecule has 2 rings (SSSR count).